The number of carbonyl (C=O) groups excluding carboxylic acids is 1. The number of nitrogens with zero attached hydrogens (tertiary/aromatic N) is 1. The summed E-state index contributed by atoms with van der Waals surface area (Å²) in [5.41, 5.74) is 4.71. The first-order chi connectivity index (χ1) is 17.6. The van der Waals surface area contributed by atoms with E-state index in [1.807, 2.05) is 32.9 Å². The molecule has 37 heavy (non-hydrogen) atoms. The number of hydrogen-bond acceptors (Lipinski definition) is 5. The molecule has 0 fully saturated rings. The average molecular weight is 539 g/mol. The van der Waals surface area contributed by atoms with Gasteiger partial charge in [0.05, 0.1) is 15.0 Å². The lowest BCUT2D eigenvalue weighted by Gasteiger charge is -2.18. The van der Waals surface area contributed by atoms with E-state index in [-0.39, 0.29) is 17.3 Å². The fourth-order valence-electron chi connectivity index (χ4n) is 4.14. The van der Waals surface area contributed by atoms with Gasteiger partial charge in [0.25, 0.3) is 11.5 Å². The van der Waals surface area contributed by atoms with Crippen molar-refractivity contribution in [2.75, 3.05) is 16.6 Å². The molecule has 2 heterocycles. The number of benzene rings is 2. The number of halogens is 1. The van der Waals surface area contributed by atoms with Crippen molar-refractivity contribution in [2.45, 2.75) is 20.8 Å². The van der Waals surface area contributed by atoms with Crippen molar-refractivity contribution in [3.8, 4) is 11.1 Å². The molecule has 10 heteroatoms. The normalized spacial score (nSPS) is 11.8. The lowest BCUT2D eigenvalue weighted by Crippen LogP contribution is -2.21. The van der Waals surface area contributed by atoms with Crippen molar-refractivity contribution in [1.82, 2.24) is 9.88 Å². The summed E-state index contributed by atoms with van der Waals surface area (Å²) in [5, 5.41) is 7.93. The molecule has 0 bridgehead atoms. The third kappa shape index (κ3) is 5.35. The Labute approximate surface area is 220 Å². The van der Waals surface area contributed by atoms with Crippen molar-refractivity contribution in [3.05, 3.63) is 86.8 Å². The molecule has 1 amide bonds. The smallest absolute Gasteiger partial charge is 0.261 e. The Morgan fingerprint density at radius 2 is 1.86 bits per heavy atom. The predicted octanol–water partition coefficient (Wildman–Crippen LogP) is 5.74. The van der Waals surface area contributed by atoms with Gasteiger partial charge in [-0.05, 0) is 68.3 Å². The summed E-state index contributed by atoms with van der Waals surface area (Å²) in [6.07, 6.45) is 1.72. The number of fused-ring (bicyclic) bond motifs is 1. The van der Waals surface area contributed by atoms with Crippen LogP contribution in [0.3, 0.4) is 0 Å². The number of nitrogens with one attached hydrogen (secondary N) is 3. The minimum Gasteiger partial charge on any atom is -0.355 e. The number of rotatable bonds is 8. The Bertz CT molecular complexity index is 1600. The first-order valence-electron chi connectivity index (χ1n) is 11.5. The summed E-state index contributed by atoms with van der Waals surface area (Å²) in [6.45, 7) is 9.50. The van der Waals surface area contributed by atoms with Crippen LogP contribution in [0.15, 0.2) is 59.4 Å². The lowest BCUT2D eigenvalue weighted by atomic mass is 10.0. The van der Waals surface area contributed by atoms with E-state index >= 15 is 0 Å². The highest BCUT2D eigenvalue weighted by atomic mass is 32.2. The molecule has 0 saturated carbocycles. The van der Waals surface area contributed by atoms with Crippen molar-refractivity contribution in [2.24, 2.45) is 7.05 Å². The Kier molecular flexibility index (Phi) is 7.60. The maximum atomic E-state index is 13.9. The van der Waals surface area contributed by atoms with Gasteiger partial charge >= 0.3 is 0 Å². The zero-order chi connectivity index (χ0) is 26.9. The fourth-order valence-corrected chi connectivity index (χ4v) is 5.68. The van der Waals surface area contributed by atoms with Crippen LogP contribution in [0.4, 0.5) is 21.5 Å². The summed E-state index contributed by atoms with van der Waals surface area (Å²) in [6, 6.07) is 9.96. The Morgan fingerprint density at radius 1 is 1.16 bits per heavy atom. The van der Waals surface area contributed by atoms with Gasteiger partial charge in [-0.3, -0.25) is 9.59 Å². The Balaban J connectivity index is 1.97. The summed E-state index contributed by atoms with van der Waals surface area (Å²) in [4.78, 5) is 26.0. The molecule has 0 spiro atoms. The topological polar surface area (TPSA) is 92.2 Å². The SMILES string of the molecule is C=CS(=O)Nc1ccc(Nc2c(C)cc(F)cc2C)c(-c2cn(C)c(=O)c3cc(C(=O)NCC)sc23)c1. The maximum Gasteiger partial charge on any atom is 0.261 e. The molecule has 7 nitrogen and oxygen atoms in total. The standard InChI is InChI=1S/C27H27FN4O3S2/c1-6-29-26(33)23-13-20-25(36-23)21(14-32(5)27(20)34)19-12-18(31-37(35)7-2)8-9-22(19)30-24-15(3)10-17(28)11-16(24)4/h7-14,30-31H,2,6H2,1,3-5H3,(H,29,33). The van der Waals surface area contributed by atoms with Crippen molar-refractivity contribution in [3.63, 3.8) is 0 Å². The first kappa shape index (κ1) is 26.3. The third-order valence-electron chi connectivity index (χ3n) is 5.85. The van der Waals surface area contributed by atoms with Crippen LogP contribution in [-0.4, -0.2) is 21.2 Å². The number of carbonyl (C=O) groups is 1. The number of thiophene rings is 1. The monoisotopic (exact) mass is 538 g/mol. The largest absolute Gasteiger partial charge is 0.355 e. The van der Waals surface area contributed by atoms with E-state index < -0.39 is 11.0 Å². The predicted molar refractivity (Wildman–Crippen MR) is 152 cm³/mol. The number of aryl methyl sites for hydroxylation is 3. The van der Waals surface area contributed by atoms with Gasteiger partial charge in [-0.1, -0.05) is 6.58 Å². The van der Waals surface area contributed by atoms with Crippen LogP contribution in [0.25, 0.3) is 21.2 Å². The van der Waals surface area contributed by atoms with Crippen LogP contribution in [0, 0.1) is 19.7 Å². The van der Waals surface area contributed by atoms with E-state index in [9.17, 15) is 18.2 Å². The third-order valence-corrected chi connectivity index (χ3v) is 7.75. The Morgan fingerprint density at radius 3 is 2.51 bits per heavy atom. The van der Waals surface area contributed by atoms with E-state index in [1.54, 1.807) is 25.4 Å². The van der Waals surface area contributed by atoms with Crippen molar-refractivity contribution < 1.29 is 13.4 Å². The summed E-state index contributed by atoms with van der Waals surface area (Å²) in [7, 11) is 0.167. The molecule has 2 aromatic heterocycles. The quantitative estimate of drug-likeness (QED) is 0.267. The molecule has 2 aromatic carbocycles. The molecule has 0 aliphatic heterocycles. The van der Waals surface area contributed by atoms with Crippen LogP contribution in [0.1, 0.15) is 27.7 Å². The molecule has 0 aliphatic carbocycles. The highest BCUT2D eigenvalue weighted by Crippen LogP contribution is 2.40. The van der Waals surface area contributed by atoms with Gasteiger partial charge in [-0.15, -0.1) is 11.3 Å². The van der Waals surface area contributed by atoms with E-state index in [0.717, 1.165) is 16.8 Å². The molecule has 1 atom stereocenters. The van der Waals surface area contributed by atoms with Crippen LogP contribution in [-0.2, 0) is 18.0 Å². The van der Waals surface area contributed by atoms with E-state index in [1.165, 1.54) is 33.4 Å². The number of amides is 1. The molecular weight excluding hydrogens is 511 g/mol. The van der Waals surface area contributed by atoms with E-state index in [0.29, 0.717) is 44.0 Å². The van der Waals surface area contributed by atoms with Crippen molar-refractivity contribution in [1.29, 1.82) is 0 Å². The molecule has 3 N–H and O–H groups in total. The van der Waals surface area contributed by atoms with Crippen molar-refractivity contribution >= 4 is 55.4 Å². The van der Waals surface area contributed by atoms with Gasteiger partial charge in [-0.2, -0.15) is 0 Å². The molecule has 1 unspecified atom stereocenters. The maximum absolute atomic E-state index is 13.9. The highest BCUT2D eigenvalue weighted by molar-refractivity contribution is 7.89. The molecule has 0 radical (unpaired) electrons. The van der Waals surface area contributed by atoms with Gasteiger partial charge in [0.15, 0.2) is 0 Å². The van der Waals surface area contributed by atoms with Gasteiger partial charge < -0.3 is 19.9 Å². The van der Waals surface area contributed by atoms with Gasteiger partial charge in [0, 0.05) is 53.4 Å². The second-order valence-electron chi connectivity index (χ2n) is 8.54. The van der Waals surface area contributed by atoms with Crippen LogP contribution in [0.2, 0.25) is 0 Å². The second kappa shape index (κ2) is 10.7. The molecule has 192 valence electrons. The van der Waals surface area contributed by atoms with Crippen LogP contribution < -0.4 is 20.9 Å². The lowest BCUT2D eigenvalue weighted by molar-refractivity contribution is 0.0960. The second-order valence-corrected chi connectivity index (χ2v) is 10.7. The molecule has 4 aromatic rings. The molecule has 0 saturated heterocycles. The first-order valence-corrected chi connectivity index (χ1v) is 13.5. The van der Waals surface area contributed by atoms with Gasteiger partial charge in [-0.25, -0.2) is 8.60 Å². The van der Waals surface area contributed by atoms with Gasteiger partial charge in [0.2, 0.25) is 0 Å². The zero-order valence-corrected chi connectivity index (χ0v) is 22.5. The summed E-state index contributed by atoms with van der Waals surface area (Å²) >= 11 is 1.24. The fraction of sp³-hybridized carbons (Fsp3) is 0.185. The zero-order valence-electron chi connectivity index (χ0n) is 20.9. The number of hydrogen-bond donors (Lipinski definition) is 3. The number of anilines is 3. The van der Waals surface area contributed by atoms with E-state index in [4.69, 9.17) is 0 Å². The van der Waals surface area contributed by atoms with E-state index in [2.05, 4.69) is 21.9 Å². The Hall–Kier alpha value is -3.76. The molecule has 4 rings (SSSR count). The molecule has 0 aliphatic rings. The van der Waals surface area contributed by atoms with Gasteiger partial charge in [0.1, 0.15) is 16.8 Å². The average Bonchev–Trinajstić information content (AvgIpc) is 3.30. The highest BCUT2D eigenvalue weighted by Gasteiger charge is 2.19. The summed E-state index contributed by atoms with van der Waals surface area (Å²) < 4.78 is 31.1. The minimum atomic E-state index is -1.49. The molecular formula is C27H27FN4O3S2. The van der Waals surface area contributed by atoms with Crippen LogP contribution in [0.5, 0.6) is 0 Å². The van der Waals surface area contributed by atoms with Crippen LogP contribution >= 0.6 is 11.3 Å². The minimum absolute atomic E-state index is 0.215. The number of pyridine rings is 1. The number of aromatic nitrogens is 1. The summed E-state index contributed by atoms with van der Waals surface area (Å²) in [5.74, 6) is -0.562.